The Balaban J connectivity index is 2.06. The van der Waals surface area contributed by atoms with Gasteiger partial charge in [-0.15, -0.1) is 0 Å². The zero-order valence-corrected chi connectivity index (χ0v) is 12.0. The molecular weight excluding hydrogens is 250 g/mol. The first-order valence-electron chi connectivity index (χ1n) is 6.89. The fourth-order valence-electron chi connectivity index (χ4n) is 2.12. The van der Waals surface area contributed by atoms with Gasteiger partial charge in [-0.05, 0) is 24.2 Å². The van der Waals surface area contributed by atoms with Crippen molar-refractivity contribution in [3.8, 4) is 11.5 Å². The van der Waals surface area contributed by atoms with Crippen LogP contribution in [0.15, 0.2) is 54.6 Å². The Hall–Kier alpha value is -2.00. The molecule has 0 saturated carbocycles. The Bertz CT molecular complexity index is 513. The molecule has 0 amide bonds. The van der Waals surface area contributed by atoms with Crippen molar-refractivity contribution in [3.63, 3.8) is 0 Å². The smallest absolute Gasteiger partial charge is 0.161 e. The molecule has 0 aliphatic rings. The standard InChI is InChI=1S/C17H21NO2/c1-3-18-15(14-9-5-4-6-10-14)13-20-17-12-8-7-11-16(17)19-2/h4-12,15,18H,3,13H2,1-2H3. The number of likely N-dealkylation sites (N-methyl/N-ethyl adjacent to an activating group) is 1. The zero-order valence-electron chi connectivity index (χ0n) is 12.0. The van der Waals surface area contributed by atoms with Gasteiger partial charge in [0.1, 0.15) is 6.61 Å². The van der Waals surface area contributed by atoms with E-state index in [0.29, 0.717) is 6.61 Å². The fraction of sp³-hybridized carbons (Fsp3) is 0.294. The number of benzene rings is 2. The minimum atomic E-state index is 0.172. The average Bonchev–Trinajstić information content (AvgIpc) is 2.52. The minimum Gasteiger partial charge on any atom is -0.493 e. The van der Waals surface area contributed by atoms with Crippen LogP contribution in [0.25, 0.3) is 0 Å². The summed E-state index contributed by atoms with van der Waals surface area (Å²) in [5.41, 5.74) is 1.23. The molecule has 2 aromatic rings. The van der Waals surface area contributed by atoms with Crippen molar-refractivity contribution >= 4 is 0 Å². The Morgan fingerprint density at radius 1 is 0.950 bits per heavy atom. The topological polar surface area (TPSA) is 30.5 Å². The largest absolute Gasteiger partial charge is 0.493 e. The number of ether oxygens (including phenoxy) is 2. The second kappa shape index (κ2) is 7.56. The maximum Gasteiger partial charge on any atom is 0.161 e. The van der Waals surface area contributed by atoms with Gasteiger partial charge in [0.2, 0.25) is 0 Å². The number of hydrogen-bond acceptors (Lipinski definition) is 3. The van der Waals surface area contributed by atoms with Gasteiger partial charge in [-0.3, -0.25) is 0 Å². The van der Waals surface area contributed by atoms with Crippen LogP contribution in [0, 0.1) is 0 Å². The molecule has 3 nitrogen and oxygen atoms in total. The molecule has 1 unspecified atom stereocenters. The Labute approximate surface area is 120 Å². The van der Waals surface area contributed by atoms with Crippen molar-refractivity contribution in [1.29, 1.82) is 0 Å². The van der Waals surface area contributed by atoms with Crippen molar-refractivity contribution < 1.29 is 9.47 Å². The molecule has 1 N–H and O–H groups in total. The molecule has 20 heavy (non-hydrogen) atoms. The molecule has 0 aromatic heterocycles. The normalized spacial score (nSPS) is 11.9. The van der Waals surface area contributed by atoms with E-state index in [0.717, 1.165) is 18.0 Å². The van der Waals surface area contributed by atoms with Crippen LogP contribution >= 0.6 is 0 Å². The van der Waals surface area contributed by atoms with Gasteiger partial charge in [-0.1, -0.05) is 49.4 Å². The molecule has 2 rings (SSSR count). The summed E-state index contributed by atoms with van der Waals surface area (Å²) in [5, 5.41) is 3.44. The summed E-state index contributed by atoms with van der Waals surface area (Å²) < 4.78 is 11.2. The highest BCUT2D eigenvalue weighted by atomic mass is 16.5. The second-order valence-corrected chi connectivity index (χ2v) is 4.48. The predicted octanol–water partition coefficient (Wildman–Crippen LogP) is 3.42. The lowest BCUT2D eigenvalue weighted by Crippen LogP contribution is -2.26. The van der Waals surface area contributed by atoms with Crippen LogP contribution in [-0.2, 0) is 0 Å². The van der Waals surface area contributed by atoms with E-state index in [9.17, 15) is 0 Å². The number of para-hydroxylation sites is 2. The number of nitrogens with one attached hydrogen (secondary N) is 1. The molecule has 0 bridgehead atoms. The van der Waals surface area contributed by atoms with Crippen molar-refractivity contribution in [2.24, 2.45) is 0 Å². The summed E-state index contributed by atoms with van der Waals surface area (Å²) in [6, 6.07) is 18.2. The second-order valence-electron chi connectivity index (χ2n) is 4.48. The van der Waals surface area contributed by atoms with Crippen LogP contribution < -0.4 is 14.8 Å². The van der Waals surface area contributed by atoms with Gasteiger partial charge in [0, 0.05) is 0 Å². The summed E-state index contributed by atoms with van der Waals surface area (Å²) >= 11 is 0. The van der Waals surface area contributed by atoms with Crippen LogP contribution in [0.3, 0.4) is 0 Å². The summed E-state index contributed by atoms with van der Waals surface area (Å²) in [4.78, 5) is 0. The van der Waals surface area contributed by atoms with Crippen molar-refractivity contribution in [2.45, 2.75) is 13.0 Å². The lowest BCUT2D eigenvalue weighted by molar-refractivity contribution is 0.255. The van der Waals surface area contributed by atoms with Gasteiger partial charge in [-0.2, -0.15) is 0 Å². The van der Waals surface area contributed by atoms with Crippen molar-refractivity contribution in [2.75, 3.05) is 20.3 Å². The van der Waals surface area contributed by atoms with Crippen molar-refractivity contribution in [3.05, 3.63) is 60.2 Å². The zero-order chi connectivity index (χ0) is 14.2. The summed E-state index contributed by atoms with van der Waals surface area (Å²) in [5.74, 6) is 1.53. The SMILES string of the molecule is CCNC(COc1ccccc1OC)c1ccccc1. The fourth-order valence-corrected chi connectivity index (χ4v) is 2.12. The molecule has 1 atom stereocenters. The monoisotopic (exact) mass is 271 g/mol. The summed E-state index contributed by atoms with van der Waals surface area (Å²) in [7, 11) is 1.65. The van der Waals surface area contributed by atoms with Crippen LogP contribution in [0.2, 0.25) is 0 Å². The van der Waals surface area contributed by atoms with Gasteiger partial charge in [0.15, 0.2) is 11.5 Å². The molecule has 106 valence electrons. The maximum absolute atomic E-state index is 5.91. The maximum atomic E-state index is 5.91. The van der Waals surface area contributed by atoms with Gasteiger partial charge < -0.3 is 14.8 Å². The van der Waals surface area contributed by atoms with Crippen molar-refractivity contribution in [1.82, 2.24) is 5.32 Å². The predicted molar refractivity (Wildman–Crippen MR) is 81.3 cm³/mol. The molecule has 2 aromatic carbocycles. The number of rotatable bonds is 7. The summed E-state index contributed by atoms with van der Waals surface area (Å²) in [6.07, 6.45) is 0. The number of methoxy groups -OCH3 is 1. The molecule has 0 aliphatic heterocycles. The molecule has 0 fully saturated rings. The molecule has 0 radical (unpaired) electrons. The van der Waals surface area contributed by atoms with E-state index in [1.807, 2.05) is 42.5 Å². The average molecular weight is 271 g/mol. The first kappa shape index (κ1) is 14.4. The lowest BCUT2D eigenvalue weighted by atomic mass is 10.1. The molecule has 0 aliphatic carbocycles. The van der Waals surface area contributed by atoms with E-state index < -0.39 is 0 Å². The van der Waals surface area contributed by atoms with Gasteiger partial charge in [-0.25, -0.2) is 0 Å². The molecule has 3 heteroatoms. The quantitative estimate of drug-likeness (QED) is 0.837. The van der Waals surface area contributed by atoms with Gasteiger partial charge in [0.25, 0.3) is 0 Å². The molecule has 0 heterocycles. The Kier molecular flexibility index (Phi) is 5.44. The molecule has 0 saturated heterocycles. The highest BCUT2D eigenvalue weighted by Gasteiger charge is 2.12. The van der Waals surface area contributed by atoms with Gasteiger partial charge in [0.05, 0.1) is 13.2 Å². The molecule has 0 spiro atoms. The van der Waals surface area contributed by atoms with Crippen LogP contribution in [-0.4, -0.2) is 20.3 Å². The highest BCUT2D eigenvalue weighted by Crippen LogP contribution is 2.27. The van der Waals surface area contributed by atoms with Crippen LogP contribution in [0.4, 0.5) is 0 Å². The van der Waals surface area contributed by atoms with E-state index in [1.165, 1.54) is 5.56 Å². The van der Waals surface area contributed by atoms with E-state index in [2.05, 4.69) is 24.4 Å². The third kappa shape index (κ3) is 3.75. The first-order valence-corrected chi connectivity index (χ1v) is 6.89. The Morgan fingerprint density at radius 2 is 1.60 bits per heavy atom. The Morgan fingerprint density at radius 3 is 2.25 bits per heavy atom. The third-order valence-electron chi connectivity index (χ3n) is 3.13. The van der Waals surface area contributed by atoms with Gasteiger partial charge >= 0.3 is 0 Å². The third-order valence-corrected chi connectivity index (χ3v) is 3.13. The first-order chi connectivity index (χ1) is 9.85. The number of hydrogen-bond donors (Lipinski definition) is 1. The molecular formula is C17H21NO2. The highest BCUT2D eigenvalue weighted by molar-refractivity contribution is 5.39. The van der Waals surface area contributed by atoms with E-state index in [4.69, 9.17) is 9.47 Å². The van der Waals surface area contributed by atoms with E-state index >= 15 is 0 Å². The summed E-state index contributed by atoms with van der Waals surface area (Å²) in [6.45, 7) is 3.56. The van der Waals surface area contributed by atoms with Crippen LogP contribution in [0.1, 0.15) is 18.5 Å². The van der Waals surface area contributed by atoms with Crippen LogP contribution in [0.5, 0.6) is 11.5 Å². The van der Waals surface area contributed by atoms with E-state index in [1.54, 1.807) is 7.11 Å². The minimum absolute atomic E-state index is 0.172. The van der Waals surface area contributed by atoms with E-state index in [-0.39, 0.29) is 6.04 Å². The lowest BCUT2D eigenvalue weighted by Gasteiger charge is -2.19.